The van der Waals surface area contributed by atoms with Gasteiger partial charge in [0, 0.05) is 55.5 Å². The molecule has 156 valence electrons. The third kappa shape index (κ3) is 6.64. The van der Waals surface area contributed by atoms with Crippen molar-refractivity contribution in [1.82, 2.24) is 15.5 Å². The van der Waals surface area contributed by atoms with Crippen LogP contribution in [0.4, 0.5) is 0 Å². The van der Waals surface area contributed by atoms with Crippen LogP contribution in [0.3, 0.4) is 0 Å². The number of guanidine groups is 1. The minimum absolute atomic E-state index is 0.238. The maximum atomic E-state index is 11.3. The molecule has 0 spiro atoms. The maximum absolute atomic E-state index is 11.3. The lowest BCUT2D eigenvalue weighted by molar-refractivity contribution is 0.216. The second kappa shape index (κ2) is 9.46. The molecule has 0 radical (unpaired) electrons. The molecule has 0 aromatic heterocycles. The highest BCUT2D eigenvalue weighted by Crippen LogP contribution is 2.41. The van der Waals surface area contributed by atoms with Crippen LogP contribution in [0.15, 0.2) is 29.3 Å². The van der Waals surface area contributed by atoms with Crippen molar-refractivity contribution in [3.8, 4) is 0 Å². The van der Waals surface area contributed by atoms with E-state index in [1.54, 1.807) is 0 Å². The third-order valence-electron chi connectivity index (χ3n) is 5.41. The Kier molecular flexibility index (Phi) is 7.23. The van der Waals surface area contributed by atoms with Crippen molar-refractivity contribution in [1.29, 1.82) is 0 Å². The Morgan fingerprint density at radius 1 is 1.29 bits per heavy atom. The largest absolute Gasteiger partial charge is 0.354 e. The predicted molar refractivity (Wildman–Crippen MR) is 116 cm³/mol. The Bertz CT molecular complexity index is 791. The van der Waals surface area contributed by atoms with Crippen LogP contribution < -0.4 is 10.6 Å². The Labute approximate surface area is 173 Å². The van der Waals surface area contributed by atoms with Crippen molar-refractivity contribution in [2.75, 3.05) is 38.2 Å². The van der Waals surface area contributed by atoms with Crippen LogP contribution >= 0.6 is 11.6 Å². The number of hydrogen-bond donors (Lipinski definition) is 2. The molecule has 1 aliphatic carbocycles. The summed E-state index contributed by atoms with van der Waals surface area (Å²) in [6, 6.07) is 8.86. The van der Waals surface area contributed by atoms with Crippen molar-refractivity contribution in [3.05, 3.63) is 34.9 Å². The van der Waals surface area contributed by atoms with E-state index in [0.29, 0.717) is 24.5 Å². The molecule has 1 saturated carbocycles. The number of hydrogen-bond acceptors (Lipinski definition) is 4. The molecule has 2 aliphatic rings. The average Bonchev–Trinajstić information content (AvgIpc) is 3.40. The lowest BCUT2D eigenvalue weighted by Crippen LogP contribution is -2.49. The predicted octanol–water partition coefficient (Wildman–Crippen LogP) is 2.26. The second-order valence-corrected chi connectivity index (χ2v) is 10.6. The van der Waals surface area contributed by atoms with Crippen molar-refractivity contribution < 1.29 is 8.42 Å². The van der Waals surface area contributed by atoms with Crippen LogP contribution in [0.25, 0.3) is 0 Å². The van der Waals surface area contributed by atoms with E-state index in [9.17, 15) is 8.42 Å². The van der Waals surface area contributed by atoms with Gasteiger partial charge < -0.3 is 15.5 Å². The van der Waals surface area contributed by atoms with Gasteiger partial charge >= 0.3 is 0 Å². The number of aliphatic imine (C=N–C) groups is 1. The molecule has 1 aromatic rings. The number of rotatable bonds is 7. The molecule has 6 nitrogen and oxygen atoms in total. The fraction of sp³-hybridized carbons (Fsp3) is 0.650. The summed E-state index contributed by atoms with van der Waals surface area (Å²) < 4.78 is 22.7. The lowest BCUT2D eigenvalue weighted by Gasteiger charge is -2.33. The van der Waals surface area contributed by atoms with Crippen molar-refractivity contribution in [2.24, 2.45) is 4.99 Å². The molecule has 1 saturated heterocycles. The highest BCUT2D eigenvalue weighted by molar-refractivity contribution is 7.90. The molecule has 8 heteroatoms. The molecule has 2 N–H and O–H groups in total. The summed E-state index contributed by atoms with van der Waals surface area (Å²) in [7, 11) is -2.90. The monoisotopic (exact) mass is 426 g/mol. The van der Waals surface area contributed by atoms with Gasteiger partial charge in [0.25, 0.3) is 0 Å². The summed E-state index contributed by atoms with van der Waals surface area (Å²) in [5.74, 6) is 1.61. The Balaban J connectivity index is 1.45. The molecule has 28 heavy (non-hydrogen) atoms. The van der Waals surface area contributed by atoms with Gasteiger partial charge in [-0.1, -0.05) is 23.7 Å². The zero-order valence-electron chi connectivity index (χ0n) is 16.7. The number of sulfone groups is 1. The Hall–Kier alpha value is -1.31. The molecule has 0 bridgehead atoms. The number of piperidine rings is 1. The number of likely N-dealkylation sites (tertiary alicyclic amines) is 1. The van der Waals surface area contributed by atoms with Crippen LogP contribution in [0, 0.1) is 0 Å². The summed E-state index contributed by atoms with van der Waals surface area (Å²) in [6.45, 7) is 5.24. The first kappa shape index (κ1) is 21.4. The van der Waals surface area contributed by atoms with Gasteiger partial charge in [0.2, 0.25) is 0 Å². The van der Waals surface area contributed by atoms with Crippen LogP contribution in [-0.2, 0) is 9.84 Å². The lowest BCUT2D eigenvalue weighted by atomic mass is 10.1. The van der Waals surface area contributed by atoms with E-state index in [1.165, 1.54) is 11.8 Å². The molecule has 1 heterocycles. The number of benzene rings is 1. The summed E-state index contributed by atoms with van der Waals surface area (Å²) in [4.78, 5) is 6.84. The standard InChI is InChI=1S/C20H31ClN4O2S/c1-3-22-20(24-19-14-18(19)15-5-4-6-16(21)13-15)23-17-7-9-25(10-8-17)11-12-28(2,26)27/h4-6,13,17-19H,3,7-12,14H2,1-2H3,(H2,22,23,24). The van der Waals surface area contributed by atoms with E-state index in [2.05, 4.69) is 26.6 Å². The molecule has 1 aliphatic heterocycles. The highest BCUT2D eigenvalue weighted by Gasteiger charge is 2.39. The maximum Gasteiger partial charge on any atom is 0.191 e. The number of nitrogens with one attached hydrogen (secondary N) is 2. The first-order valence-electron chi connectivity index (χ1n) is 10.1. The van der Waals surface area contributed by atoms with E-state index in [1.807, 2.05) is 25.1 Å². The first-order valence-corrected chi connectivity index (χ1v) is 12.5. The number of halogens is 1. The minimum Gasteiger partial charge on any atom is -0.354 e. The van der Waals surface area contributed by atoms with Gasteiger partial charge in [-0.25, -0.2) is 8.42 Å². The van der Waals surface area contributed by atoms with Crippen LogP contribution in [0.5, 0.6) is 0 Å². The second-order valence-electron chi connectivity index (χ2n) is 7.86. The summed E-state index contributed by atoms with van der Waals surface area (Å²) in [6.07, 6.45) is 4.39. The number of nitrogens with zero attached hydrogens (tertiary/aromatic N) is 2. The fourth-order valence-electron chi connectivity index (χ4n) is 3.72. The van der Waals surface area contributed by atoms with Gasteiger partial charge in [-0.15, -0.1) is 0 Å². The van der Waals surface area contributed by atoms with E-state index < -0.39 is 9.84 Å². The van der Waals surface area contributed by atoms with Crippen LogP contribution in [-0.4, -0.2) is 69.5 Å². The normalized spacial score (nSPS) is 24.2. The molecule has 0 amide bonds. The fourth-order valence-corrected chi connectivity index (χ4v) is 4.50. The molecule has 2 unspecified atom stereocenters. The van der Waals surface area contributed by atoms with Crippen molar-refractivity contribution in [3.63, 3.8) is 0 Å². The molecule has 3 rings (SSSR count). The Morgan fingerprint density at radius 2 is 2.04 bits per heavy atom. The van der Waals surface area contributed by atoms with Gasteiger partial charge in [-0.3, -0.25) is 4.99 Å². The molecule has 2 fully saturated rings. The SMILES string of the molecule is CCN=C(NC1CCN(CCS(C)(=O)=O)CC1)NC1CC1c1cccc(Cl)c1. The topological polar surface area (TPSA) is 73.8 Å². The van der Waals surface area contributed by atoms with Crippen molar-refractivity contribution in [2.45, 2.75) is 44.2 Å². The van der Waals surface area contributed by atoms with E-state index >= 15 is 0 Å². The third-order valence-corrected chi connectivity index (χ3v) is 6.57. The van der Waals surface area contributed by atoms with Gasteiger partial charge in [0.1, 0.15) is 9.84 Å². The summed E-state index contributed by atoms with van der Waals surface area (Å²) in [5, 5.41) is 7.92. The molecule has 1 aromatic carbocycles. The highest BCUT2D eigenvalue weighted by atomic mass is 35.5. The molecular formula is C20H31ClN4O2S. The van der Waals surface area contributed by atoms with E-state index in [0.717, 1.165) is 49.9 Å². The quantitative estimate of drug-likeness (QED) is 0.516. The van der Waals surface area contributed by atoms with Crippen LogP contribution in [0.1, 0.15) is 37.7 Å². The first-order chi connectivity index (χ1) is 13.3. The van der Waals surface area contributed by atoms with E-state index in [4.69, 9.17) is 11.6 Å². The summed E-state index contributed by atoms with van der Waals surface area (Å²) >= 11 is 6.11. The minimum atomic E-state index is -2.90. The smallest absolute Gasteiger partial charge is 0.191 e. The van der Waals surface area contributed by atoms with E-state index in [-0.39, 0.29) is 5.75 Å². The Morgan fingerprint density at radius 3 is 2.68 bits per heavy atom. The van der Waals surface area contributed by atoms with Crippen LogP contribution in [0.2, 0.25) is 5.02 Å². The zero-order chi connectivity index (χ0) is 20.1. The zero-order valence-corrected chi connectivity index (χ0v) is 18.3. The summed E-state index contributed by atoms with van der Waals surface area (Å²) in [5.41, 5.74) is 1.28. The molecule has 2 atom stereocenters. The van der Waals surface area contributed by atoms with Gasteiger partial charge in [0.15, 0.2) is 5.96 Å². The van der Waals surface area contributed by atoms with Gasteiger partial charge in [0.05, 0.1) is 5.75 Å². The van der Waals surface area contributed by atoms with Crippen molar-refractivity contribution >= 4 is 27.4 Å². The van der Waals surface area contributed by atoms with Gasteiger partial charge in [-0.05, 0) is 43.9 Å². The van der Waals surface area contributed by atoms with Gasteiger partial charge in [-0.2, -0.15) is 0 Å². The average molecular weight is 427 g/mol. The molecular weight excluding hydrogens is 396 g/mol.